The van der Waals surface area contributed by atoms with Crippen molar-refractivity contribution in [3.8, 4) is 0 Å². The number of carbonyl (C=O) groups excluding carboxylic acids is 1. The van der Waals surface area contributed by atoms with Gasteiger partial charge in [0, 0.05) is 5.41 Å². The Labute approximate surface area is 130 Å². The molecule has 1 fully saturated rings. The Morgan fingerprint density at radius 2 is 1.90 bits per heavy atom. The first-order valence-electron chi connectivity index (χ1n) is 6.79. The number of anilines is 1. The number of ether oxygens (including phenoxy) is 1. The van der Waals surface area contributed by atoms with Crippen molar-refractivity contribution in [1.29, 1.82) is 0 Å². The van der Waals surface area contributed by atoms with Crippen molar-refractivity contribution in [2.45, 2.75) is 20.8 Å². The van der Waals surface area contributed by atoms with Crippen molar-refractivity contribution in [3.63, 3.8) is 0 Å². The van der Waals surface area contributed by atoms with Gasteiger partial charge in [-0.3, -0.25) is 0 Å². The third-order valence-electron chi connectivity index (χ3n) is 2.92. The van der Waals surface area contributed by atoms with E-state index in [-0.39, 0.29) is 12.0 Å². The maximum absolute atomic E-state index is 12.3. The topological polar surface area (TPSA) is 48.0 Å². The maximum Gasteiger partial charge on any atom is 0.421 e. The van der Waals surface area contributed by atoms with Crippen LogP contribution in [-0.2, 0) is 25.6 Å². The van der Waals surface area contributed by atoms with Crippen LogP contribution >= 0.6 is 6.64 Å². The first-order valence-corrected chi connectivity index (χ1v) is 9.38. The van der Waals surface area contributed by atoms with Crippen LogP contribution in [0.1, 0.15) is 20.8 Å². The van der Waals surface area contributed by atoms with Gasteiger partial charge in [0.15, 0.2) is 0 Å². The average molecular weight is 329 g/mol. The molecular weight excluding hydrogens is 309 g/mol. The predicted octanol–water partition coefficient (Wildman–Crippen LogP) is 3.95. The molecule has 1 aliphatic rings. The summed E-state index contributed by atoms with van der Waals surface area (Å²) in [7, 11) is 0. The van der Waals surface area contributed by atoms with E-state index < -0.39 is 12.7 Å². The molecule has 0 radical (unpaired) electrons. The van der Waals surface area contributed by atoms with Crippen LogP contribution in [0.4, 0.5) is 10.5 Å². The summed E-state index contributed by atoms with van der Waals surface area (Å²) in [6.45, 7) is 4.06. The first kappa shape index (κ1) is 16.4. The molecule has 0 saturated carbocycles. The second-order valence-electron chi connectivity index (χ2n) is 5.53. The summed E-state index contributed by atoms with van der Waals surface area (Å²) in [4.78, 5) is 12.3. The van der Waals surface area contributed by atoms with E-state index in [0.717, 1.165) is 0 Å². The summed E-state index contributed by atoms with van der Waals surface area (Å²) in [5.74, 6) is 0. The van der Waals surface area contributed by atoms with Crippen molar-refractivity contribution < 1.29 is 18.6 Å². The van der Waals surface area contributed by atoms with Gasteiger partial charge in [-0.2, -0.15) is 0 Å². The van der Waals surface area contributed by atoms with Crippen LogP contribution in [0.2, 0.25) is 0 Å². The summed E-state index contributed by atoms with van der Waals surface area (Å²) >= 11 is 5.54. The Balaban J connectivity index is 2.32. The van der Waals surface area contributed by atoms with Gasteiger partial charge in [-0.05, 0) is 30.9 Å². The van der Waals surface area contributed by atoms with Crippen molar-refractivity contribution in [2.24, 2.45) is 5.41 Å². The number of hydrogen-bond donors (Lipinski definition) is 0. The van der Waals surface area contributed by atoms with Gasteiger partial charge < -0.3 is 13.8 Å². The molecule has 1 heterocycles. The SMILES string of the molecule is CCOC(=O)N(c1ccccc1)P1(=S)OCC(C)(C)CO1. The molecule has 1 aromatic rings. The Kier molecular flexibility index (Phi) is 5.04. The molecule has 0 aliphatic carbocycles. The molecule has 0 aromatic heterocycles. The van der Waals surface area contributed by atoms with Crippen molar-refractivity contribution in [2.75, 3.05) is 24.5 Å². The van der Waals surface area contributed by atoms with E-state index in [0.29, 0.717) is 18.9 Å². The van der Waals surface area contributed by atoms with Crippen molar-refractivity contribution >= 4 is 30.2 Å². The van der Waals surface area contributed by atoms with Gasteiger partial charge >= 0.3 is 6.09 Å². The van der Waals surface area contributed by atoms with E-state index in [9.17, 15) is 4.79 Å². The lowest BCUT2D eigenvalue weighted by Crippen LogP contribution is -2.37. The van der Waals surface area contributed by atoms with Gasteiger partial charge in [0.2, 0.25) is 0 Å². The molecule has 2 rings (SSSR count). The minimum absolute atomic E-state index is 0.112. The third kappa shape index (κ3) is 3.83. The van der Waals surface area contributed by atoms with Crippen LogP contribution in [0, 0.1) is 5.41 Å². The Bertz CT molecular complexity index is 535. The first-order chi connectivity index (χ1) is 9.88. The van der Waals surface area contributed by atoms with Gasteiger partial charge in [0.1, 0.15) is 0 Å². The standard InChI is InChI=1S/C14H20NO4PS/c1-4-17-13(16)15(12-8-6-5-7-9-12)20(21)18-10-14(2,3)11-19-20/h5-9H,4,10-11H2,1-3H3. The van der Waals surface area contributed by atoms with Gasteiger partial charge in [-0.1, -0.05) is 32.0 Å². The molecule has 7 heteroatoms. The van der Waals surface area contributed by atoms with Crippen LogP contribution in [0.15, 0.2) is 30.3 Å². The van der Waals surface area contributed by atoms with Crippen LogP contribution < -0.4 is 4.67 Å². The molecular formula is C14H20NO4PS. The second-order valence-corrected chi connectivity index (χ2v) is 8.76. The van der Waals surface area contributed by atoms with E-state index in [4.69, 9.17) is 25.6 Å². The van der Waals surface area contributed by atoms with E-state index in [2.05, 4.69) is 0 Å². The number of benzene rings is 1. The molecule has 0 N–H and O–H groups in total. The molecule has 0 bridgehead atoms. The zero-order valence-corrected chi connectivity index (χ0v) is 14.2. The van der Waals surface area contributed by atoms with Gasteiger partial charge in [-0.15, -0.1) is 0 Å². The molecule has 21 heavy (non-hydrogen) atoms. The van der Waals surface area contributed by atoms with E-state index in [1.54, 1.807) is 19.1 Å². The Morgan fingerprint density at radius 1 is 1.33 bits per heavy atom. The van der Waals surface area contributed by atoms with Gasteiger partial charge in [-0.25, -0.2) is 9.46 Å². The largest absolute Gasteiger partial charge is 0.449 e. The third-order valence-corrected chi connectivity index (χ3v) is 5.84. The van der Waals surface area contributed by atoms with Crippen LogP contribution in [0.25, 0.3) is 0 Å². The normalized spacial score (nSPS) is 19.8. The predicted molar refractivity (Wildman–Crippen MR) is 85.9 cm³/mol. The number of carbonyl (C=O) groups is 1. The van der Waals surface area contributed by atoms with Crippen molar-refractivity contribution in [1.82, 2.24) is 0 Å². The molecule has 0 atom stereocenters. The highest BCUT2D eigenvalue weighted by atomic mass is 32.5. The summed E-state index contributed by atoms with van der Waals surface area (Å²) in [6.07, 6.45) is -0.535. The minimum atomic E-state index is -2.92. The highest BCUT2D eigenvalue weighted by molar-refractivity contribution is 8.11. The summed E-state index contributed by atoms with van der Waals surface area (Å²) in [5, 5.41) is 0. The monoisotopic (exact) mass is 329 g/mol. The quantitative estimate of drug-likeness (QED) is 0.786. The molecule has 1 aliphatic heterocycles. The fourth-order valence-electron chi connectivity index (χ4n) is 1.81. The molecule has 1 aromatic carbocycles. The van der Waals surface area contributed by atoms with Crippen LogP contribution in [0.5, 0.6) is 0 Å². The van der Waals surface area contributed by atoms with Crippen LogP contribution in [0.3, 0.4) is 0 Å². The lowest BCUT2D eigenvalue weighted by atomic mass is 9.97. The second kappa shape index (κ2) is 6.44. The number of hydrogen-bond acceptors (Lipinski definition) is 5. The van der Waals surface area contributed by atoms with Gasteiger partial charge in [0.25, 0.3) is 6.64 Å². The number of nitrogens with zero attached hydrogens (tertiary/aromatic N) is 1. The zero-order chi connectivity index (χ0) is 15.5. The van der Waals surface area contributed by atoms with E-state index >= 15 is 0 Å². The van der Waals surface area contributed by atoms with Crippen LogP contribution in [-0.4, -0.2) is 25.9 Å². The molecule has 0 unspecified atom stereocenters. The summed E-state index contributed by atoms with van der Waals surface area (Å²) in [5.41, 5.74) is 0.512. The number of rotatable bonds is 3. The molecule has 5 nitrogen and oxygen atoms in total. The highest BCUT2D eigenvalue weighted by Crippen LogP contribution is 2.58. The van der Waals surface area contributed by atoms with Gasteiger partial charge in [0.05, 0.1) is 25.5 Å². The molecule has 0 spiro atoms. The Morgan fingerprint density at radius 3 is 2.43 bits per heavy atom. The fourth-order valence-corrected chi connectivity index (χ4v) is 4.61. The van der Waals surface area contributed by atoms with E-state index in [1.807, 2.05) is 32.0 Å². The summed E-state index contributed by atoms with van der Waals surface area (Å²) in [6, 6.07) is 9.11. The Hall–Kier alpha value is -0.940. The minimum Gasteiger partial charge on any atom is -0.449 e. The smallest absolute Gasteiger partial charge is 0.421 e. The molecule has 1 amide bonds. The average Bonchev–Trinajstić information content (AvgIpc) is 2.44. The fraction of sp³-hybridized carbons (Fsp3) is 0.500. The lowest BCUT2D eigenvalue weighted by Gasteiger charge is -2.40. The summed E-state index contributed by atoms with van der Waals surface area (Å²) < 4.78 is 18.1. The lowest BCUT2D eigenvalue weighted by molar-refractivity contribution is 0.0586. The van der Waals surface area contributed by atoms with Crippen molar-refractivity contribution in [3.05, 3.63) is 30.3 Å². The highest BCUT2D eigenvalue weighted by Gasteiger charge is 2.41. The number of amides is 1. The maximum atomic E-state index is 12.3. The molecule has 116 valence electrons. The zero-order valence-electron chi connectivity index (χ0n) is 12.4. The van der Waals surface area contributed by atoms with E-state index in [1.165, 1.54) is 4.67 Å². The molecule has 1 saturated heterocycles. The number of para-hydroxylation sites is 1.